The largest absolute Gasteiger partial charge is 0.274 e. The third-order valence-electron chi connectivity index (χ3n) is 4.39. The van der Waals surface area contributed by atoms with E-state index in [1.165, 1.54) is 17.7 Å². The molecular weight excluding hydrogens is 320 g/mol. The number of hydrogen-bond donors (Lipinski definition) is 0. The molecule has 0 N–H and O–H groups in total. The Hall–Kier alpha value is -1.23. The minimum Gasteiger partial charge on any atom is -0.274 e. The second kappa shape index (κ2) is 5.28. The van der Waals surface area contributed by atoms with E-state index in [4.69, 9.17) is 0 Å². The van der Waals surface area contributed by atoms with E-state index in [1.54, 1.807) is 18.2 Å². The highest BCUT2D eigenvalue weighted by atomic mass is 79.9. The standard InChI is InChI=1S/C15H17BrN2O2/c16-11-6-5-7-12(17-11)18-13(19)10-15(14(18)20)8-3-1-2-4-9-15/h5-7H,1-4,8-10H2. The summed E-state index contributed by atoms with van der Waals surface area (Å²) >= 11 is 3.29. The molecule has 1 aromatic rings. The van der Waals surface area contributed by atoms with Gasteiger partial charge in [-0.1, -0.05) is 31.7 Å². The lowest BCUT2D eigenvalue weighted by atomic mass is 9.79. The van der Waals surface area contributed by atoms with Gasteiger partial charge in [-0.05, 0) is 40.9 Å². The molecule has 2 heterocycles. The van der Waals surface area contributed by atoms with Gasteiger partial charge in [0.05, 0.1) is 5.41 Å². The van der Waals surface area contributed by atoms with E-state index < -0.39 is 5.41 Å². The van der Waals surface area contributed by atoms with Gasteiger partial charge in [0.25, 0.3) is 0 Å². The van der Waals surface area contributed by atoms with Crippen LogP contribution in [-0.4, -0.2) is 16.8 Å². The summed E-state index contributed by atoms with van der Waals surface area (Å²) in [7, 11) is 0. The van der Waals surface area contributed by atoms with Gasteiger partial charge >= 0.3 is 0 Å². The Kier molecular flexibility index (Phi) is 3.63. The summed E-state index contributed by atoms with van der Waals surface area (Å²) in [4.78, 5) is 30.7. The molecule has 0 unspecified atom stereocenters. The summed E-state index contributed by atoms with van der Waals surface area (Å²) in [5.41, 5.74) is -0.461. The van der Waals surface area contributed by atoms with Crippen LogP contribution >= 0.6 is 15.9 Å². The molecule has 2 fully saturated rings. The van der Waals surface area contributed by atoms with Crippen molar-refractivity contribution in [2.24, 2.45) is 5.41 Å². The maximum Gasteiger partial charge on any atom is 0.241 e. The zero-order chi connectivity index (χ0) is 14.2. The number of rotatable bonds is 1. The fourth-order valence-corrected chi connectivity index (χ4v) is 3.68. The minimum atomic E-state index is -0.461. The Labute approximate surface area is 126 Å². The average molecular weight is 337 g/mol. The second-order valence-corrected chi connectivity index (χ2v) is 6.54. The summed E-state index contributed by atoms with van der Waals surface area (Å²) in [6.45, 7) is 0. The molecule has 1 aromatic heterocycles. The molecule has 3 rings (SSSR count). The van der Waals surface area contributed by atoms with E-state index in [2.05, 4.69) is 20.9 Å². The summed E-state index contributed by atoms with van der Waals surface area (Å²) in [6.07, 6.45) is 6.43. The van der Waals surface area contributed by atoms with Gasteiger partial charge in [-0.2, -0.15) is 0 Å². The fraction of sp³-hybridized carbons (Fsp3) is 0.533. The summed E-state index contributed by atoms with van der Waals surface area (Å²) in [5, 5.41) is 0. The van der Waals surface area contributed by atoms with Gasteiger partial charge in [-0.25, -0.2) is 9.88 Å². The third-order valence-corrected chi connectivity index (χ3v) is 4.83. The molecule has 0 atom stereocenters. The van der Waals surface area contributed by atoms with E-state index in [0.29, 0.717) is 16.8 Å². The lowest BCUT2D eigenvalue weighted by Gasteiger charge is -2.24. The van der Waals surface area contributed by atoms with Crippen LogP contribution < -0.4 is 4.90 Å². The molecule has 0 aromatic carbocycles. The van der Waals surface area contributed by atoms with Gasteiger partial charge in [0.1, 0.15) is 10.4 Å². The molecular formula is C15H17BrN2O2. The van der Waals surface area contributed by atoms with Crippen LogP contribution in [0.3, 0.4) is 0 Å². The van der Waals surface area contributed by atoms with Gasteiger partial charge < -0.3 is 0 Å². The predicted molar refractivity (Wildman–Crippen MR) is 79.2 cm³/mol. The molecule has 5 heteroatoms. The van der Waals surface area contributed by atoms with Gasteiger partial charge in [0, 0.05) is 6.42 Å². The Morgan fingerprint density at radius 2 is 1.80 bits per heavy atom. The quantitative estimate of drug-likeness (QED) is 0.583. The van der Waals surface area contributed by atoms with Gasteiger partial charge in [-0.15, -0.1) is 0 Å². The van der Waals surface area contributed by atoms with E-state index in [9.17, 15) is 9.59 Å². The molecule has 2 aliphatic rings. The molecule has 20 heavy (non-hydrogen) atoms. The molecule has 1 spiro atoms. The number of pyridine rings is 1. The van der Waals surface area contributed by atoms with E-state index in [0.717, 1.165) is 25.7 Å². The predicted octanol–water partition coefficient (Wildman–Crippen LogP) is 3.45. The highest BCUT2D eigenvalue weighted by molar-refractivity contribution is 9.10. The molecule has 0 radical (unpaired) electrons. The maximum atomic E-state index is 12.8. The van der Waals surface area contributed by atoms with Crippen molar-refractivity contribution < 1.29 is 9.59 Å². The molecule has 2 amide bonds. The first-order valence-corrected chi connectivity index (χ1v) is 7.92. The van der Waals surface area contributed by atoms with Crippen molar-refractivity contribution in [1.29, 1.82) is 0 Å². The zero-order valence-electron chi connectivity index (χ0n) is 11.3. The van der Waals surface area contributed by atoms with Crippen molar-refractivity contribution in [1.82, 2.24) is 4.98 Å². The smallest absolute Gasteiger partial charge is 0.241 e. The van der Waals surface area contributed by atoms with Crippen molar-refractivity contribution in [2.45, 2.75) is 44.9 Å². The molecule has 0 bridgehead atoms. The molecule has 1 saturated carbocycles. The molecule has 4 nitrogen and oxygen atoms in total. The maximum absolute atomic E-state index is 12.8. The molecule has 106 valence electrons. The van der Waals surface area contributed by atoms with Gasteiger partial charge in [0.15, 0.2) is 0 Å². The number of amides is 2. The monoisotopic (exact) mass is 336 g/mol. The molecule has 1 aliphatic heterocycles. The highest BCUT2D eigenvalue weighted by Crippen LogP contribution is 2.45. The van der Waals surface area contributed by atoms with Crippen LogP contribution in [0.2, 0.25) is 0 Å². The van der Waals surface area contributed by atoms with Crippen LogP contribution in [0.1, 0.15) is 44.9 Å². The number of anilines is 1. The molecule has 1 aliphatic carbocycles. The van der Waals surface area contributed by atoms with Crippen LogP contribution in [0.25, 0.3) is 0 Å². The van der Waals surface area contributed by atoms with Gasteiger partial charge in [0.2, 0.25) is 11.8 Å². The fourth-order valence-electron chi connectivity index (χ4n) is 3.34. The lowest BCUT2D eigenvalue weighted by Crippen LogP contribution is -2.36. The first-order chi connectivity index (χ1) is 9.62. The Balaban J connectivity index is 1.94. The topological polar surface area (TPSA) is 50.3 Å². The number of carbonyl (C=O) groups excluding carboxylic acids is 2. The summed E-state index contributed by atoms with van der Waals surface area (Å²) in [6, 6.07) is 5.30. The van der Waals surface area contributed by atoms with E-state index in [1.807, 2.05) is 0 Å². The minimum absolute atomic E-state index is 0.0463. The number of aromatic nitrogens is 1. The first kappa shape index (κ1) is 13.7. The van der Waals surface area contributed by atoms with Crippen molar-refractivity contribution in [3.8, 4) is 0 Å². The second-order valence-electron chi connectivity index (χ2n) is 5.72. The SMILES string of the molecule is O=C1CC2(CCCCCC2)C(=O)N1c1cccc(Br)n1. The third kappa shape index (κ3) is 2.28. The number of carbonyl (C=O) groups is 2. The normalized spacial score (nSPS) is 22.4. The van der Waals surface area contributed by atoms with Crippen LogP contribution in [0.4, 0.5) is 5.82 Å². The van der Waals surface area contributed by atoms with E-state index in [-0.39, 0.29) is 11.8 Å². The van der Waals surface area contributed by atoms with Gasteiger partial charge in [-0.3, -0.25) is 9.59 Å². The van der Waals surface area contributed by atoms with Crippen molar-refractivity contribution >= 4 is 33.6 Å². The van der Waals surface area contributed by atoms with E-state index >= 15 is 0 Å². The molecule has 1 saturated heterocycles. The number of nitrogens with zero attached hydrogens (tertiary/aromatic N) is 2. The number of halogens is 1. The van der Waals surface area contributed by atoms with Crippen molar-refractivity contribution in [2.75, 3.05) is 4.90 Å². The number of imide groups is 1. The van der Waals surface area contributed by atoms with Crippen molar-refractivity contribution in [3.05, 3.63) is 22.8 Å². The Morgan fingerprint density at radius 3 is 2.45 bits per heavy atom. The van der Waals surface area contributed by atoms with Crippen molar-refractivity contribution in [3.63, 3.8) is 0 Å². The Bertz CT molecular complexity index is 551. The highest BCUT2D eigenvalue weighted by Gasteiger charge is 2.51. The average Bonchev–Trinajstić information content (AvgIpc) is 2.58. The van der Waals surface area contributed by atoms with Crippen LogP contribution in [-0.2, 0) is 9.59 Å². The summed E-state index contributed by atoms with van der Waals surface area (Å²) in [5.74, 6) is 0.285. The zero-order valence-corrected chi connectivity index (χ0v) is 12.9. The first-order valence-electron chi connectivity index (χ1n) is 7.12. The van der Waals surface area contributed by atoms with Crippen LogP contribution in [0, 0.1) is 5.41 Å². The van der Waals surface area contributed by atoms with Crippen LogP contribution in [0.15, 0.2) is 22.8 Å². The van der Waals surface area contributed by atoms with Crippen LogP contribution in [0.5, 0.6) is 0 Å². The number of hydrogen-bond acceptors (Lipinski definition) is 3. The Morgan fingerprint density at radius 1 is 1.10 bits per heavy atom. The lowest BCUT2D eigenvalue weighted by molar-refractivity contribution is -0.126. The summed E-state index contributed by atoms with van der Waals surface area (Å²) < 4.78 is 0.636.